The number of carbonyl (C=O) groups is 11. The number of aliphatic imine (C=N–C) groups is 3. The Morgan fingerprint density at radius 2 is 1.40 bits per heavy atom. The maximum absolute atomic E-state index is 15.5. The minimum atomic E-state index is -1.37. The topological polar surface area (TPSA) is 533 Å². The predicted molar refractivity (Wildman–Crippen MR) is 354 cm³/mol. The highest BCUT2D eigenvalue weighted by Crippen LogP contribution is 2.41. The summed E-state index contributed by atoms with van der Waals surface area (Å²) in [6.07, 6.45) is 4.12. The van der Waals surface area contributed by atoms with E-state index in [1.807, 2.05) is 24.3 Å². The fourth-order valence-corrected chi connectivity index (χ4v) is 14.2. The molecule has 12 atom stereocenters. The van der Waals surface area contributed by atoms with E-state index in [1.54, 1.807) is 22.4 Å². The highest BCUT2D eigenvalue weighted by atomic mass is 32.1. The van der Waals surface area contributed by atoms with Gasteiger partial charge in [0.2, 0.25) is 59.1 Å². The first-order chi connectivity index (χ1) is 45.8. The molecule has 6 aliphatic rings. The number of nitrogens with two attached hydrogens (primary N) is 7. The molecule has 0 radical (unpaired) electrons. The molecule has 0 spiro atoms. The fraction of sp³-hybridized carbons (Fsp3) is 0.613. The number of rotatable bonds is 24. The maximum atomic E-state index is 15.5. The van der Waals surface area contributed by atoms with Crippen LogP contribution in [0.5, 0.6) is 0 Å². The Morgan fingerprint density at radius 1 is 0.729 bits per heavy atom. The summed E-state index contributed by atoms with van der Waals surface area (Å²) in [7, 11) is 0. The lowest BCUT2D eigenvalue weighted by atomic mass is 9.84. The lowest BCUT2D eigenvalue weighted by molar-refractivity contribution is -0.153. The van der Waals surface area contributed by atoms with Crippen molar-refractivity contribution in [2.45, 2.75) is 189 Å². The largest absolute Gasteiger partial charge is 0.481 e. The summed E-state index contributed by atoms with van der Waals surface area (Å²) in [4.78, 5) is 172. The Kier molecular flexibility index (Phi) is 27.5. The van der Waals surface area contributed by atoms with Gasteiger partial charge >= 0.3 is 0 Å². The molecule has 5 fully saturated rings. The van der Waals surface area contributed by atoms with Crippen LogP contribution < -0.4 is 72.0 Å². The number of amides is 10. The minimum Gasteiger partial charge on any atom is -0.481 e. The maximum Gasteiger partial charge on any atom is 0.300 e. The third-order valence-corrected chi connectivity index (χ3v) is 18.9. The summed E-state index contributed by atoms with van der Waals surface area (Å²) in [6.45, 7) is 0.627. The van der Waals surface area contributed by atoms with Crippen molar-refractivity contribution >= 4 is 94.3 Å². The zero-order chi connectivity index (χ0) is 69.8. The van der Waals surface area contributed by atoms with E-state index >= 15 is 9.59 Å². The number of fused-ring (bicyclic) bond motifs is 5. The van der Waals surface area contributed by atoms with E-state index in [2.05, 4.69) is 46.9 Å². The molecular formula is C62H94N20O13S. The summed E-state index contributed by atoms with van der Waals surface area (Å²) >= 11 is 1.31. The number of hydrogen-bond donors (Lipinski definition) is 15. The predicted octanol–water partition coefficient (Wildman–Crippen LogP) is -4.49. The molecule has 6 heterocycles. The molecule has 1 saturated carbocycles. The standard InChI is InChI=1S/C60H90N20O11S.C2H4O2/c61-38(14-5-20-69-58(62)63)49(83)75-40(16-7-22-71-60(66)67)54(88)77-24-8-18-44(77)56(90)79-32-36(81)28-45(79)52(86)72-30-48(82)73-42(29-37-13-9-25-92-37)51(85)76-41-19-23-68-50(84)39(15-6-21-70-59(64)65)74-53(87)46-27-34-11-3-4-17-43(34)80(46)57(91)47-26-33-10-1-2-12-35(33)31-78(47)55(41)89;1-2(3)4/h1-2,9-10,12-13,25,34,36,38-47,81H,3-8,11,14-24,26-32,61H2,(H,68,84)(H,72,86)(H,73,82)(H,74,87)(H,75,83)(H,76,85)(H4,62,63,69)(H4,64,65,70)(H4,66,67,71);1H3,(H,3,4)/t34-,36+,38+,39-,40-,41-,42-,43-,44-,45-,46-,47+;/m0./s1. The van der Waals surface area contributed by atoms with Crippen molar-refractivity contribution in [1.82, 2.24) is 51.5 Å². The summed E-state index contributed by atoms with van der Waals surface area (Å²) in [6, 6.07) is 0.345. The van der Waals surface area contributed by atoms with Crippen molar-refractivity contribution in [2.24, 2.45) is 61.0 Å². The van der Waals surface area contributed by atoms with Gasteiger partial charge in [-0.15, -0.1) is 11.3 Å². The van der Waals surface area contributed by atoms with Gasteiger partial charge in [-0.05, 0) is 106 Å². The molecule has 33 nitrogen and oxygen atoms in total. The highest BCUT2D eigenvalue weighted by Gasteiger charge is 2.52. The number of carboxylic acids is 1. The number of carbonyl (C=O) groups excluding carboxylic acids is 10. The molecule has 96 heavy (non-hydrogen) atoms. The van der Waals surface area contributed by atoms with Crippen LogP contribution in [0.25, 0.3) is 0 Å². The number of aliphatic hydroxyl groups excluding tert-OH is 1. The summed E-state index contributed by atoms with van der Waals surface area (Å²) in [5.41, 5.74) is 40.8. The lowest BCUT2D eigenvalue weighted by Gasteiger charge is -2.43. The number of carboxylic acid groups (broad SMARTS) is 1. The number of guanidine groups is 3. The molecular weight excluding hydrogens is 1260 g/mol. The summed E-state index contributed by atoms with van der Waals surface area (Å²) in [5.74, 6) is -7.54. The van der Waals surface area contributed by atoms with Gasteiger partial charge in [0, 0.05) is 82.9 Å². The number of likely N-dealkylation sites (tertiary alicyclic amines) is 2. The summed E-state index contributed by atoms with van der Waals surface area (Å²) < 4.78 is 0. The zero-order valence-electron chi connectivity index (χ0n) is 54.1. The molecule has 5 aliphatic heterocycles. The molecule has 22 N–H and O–H groups in total. The van der Waals surface area contributed by atoms with E-state index in [1.165, 1.54) is 26.0 Å². The van der Waals surface area contributed by atoms with Crippen LogP contribution in [-0.4, -0.2) is 225 Å². The highest BCUT2D eigenvalue weighted by molar-refractivity contribution is 7.09. The number of nitrogens with one attached hydrogen (secondary N) is 6. The second kappa shape index (κ2) is 35.5. The molecule has 4 saturated heterocycles. The molecule has 526 valence electrons. The smallest absolute Gasteiger partial charge is 0.300 e. The normalized spacial score (nSPS) is 24.2. The summed E-state index contributed by atoms with van der Waals surface area (Å²) in [5, 5.41) is 36.8. The van der Waals surface area contributed by atoms with Crippen LogP contribution in [0.1, 0.15) is 119 Å². The number of nitrogens with zero attached hydrogens (tertiary/aromatic N) is 7. The second-order valence-corrected chi connectivity index (χ2v) is 26.0. The van der Waals surface area contributed by atoms with Gasteiger partial charge in [0.1, 0.15) is 48.3 Å². The van der Waals surface area contributed by atoms with Gasteiger partial charge in [-0.25, -0.2) is 0 Å². The van der Waals surface area contributed by atoms with Gasteiger partial charge < -0.3 is 102 Å². The Morgan fingerprint density at radius 3 is 2.07 bits per heavy atom. The van der Waals surface area contributed by atoms with Gasteiger partial charge in [-0.1, -0.05) is 43.2 Å². The first-order valence-corrected chi connectivity index (χ1v) is 33.6. The Balaban J connectivity index is 0.00000316. The monoisotopic (exact) mass is 1360 g/mol. The number of aliphatic hydroxyl groups is 1. The van der Waals surface area contributed by atoms with Crippen LogP contribution in [-0.2, 0) is 72.1 Å². The van der Waals surface area contributed by atoms with E-state index in [4.69, 9.17) is 50.0 Å². The van der Waals surface area contributed by atoms with E-state index in [9.17, 15) is 43.5 Å². The third kappa shape index (κ3) is 20.7. The van der Waals surface area contributed by atoms with Crippen LogP contribution >= 0.6 is 11.3 Å². The van der Waals surface area contributed by atoms with Crippen molar-refractivity contribution in [3.05, 3.63) is 57.8 Å². The molecule has 0 unspecified atom stereocenters. The van der Waals surface area contributed by atoms with Gasteiger partial charge in [0.15, 0.2) is 17.9 Å². The van der Waals surface area contributed by atoms with Crippen molar-refractivity contribution in [2.75, 3.05) is 45.8 Å². The molecule has 1 aromatic heterocycles. The van der Waals surface area contributed by atoms with Crippen LogP contribution in [0.4, 0.5) is 0 Å². The molecule has 0 bridgehead atoms. The number of aliphatic carboxylic acids is 1. The molecule has 1 aromatic carbocycles. The number of benzene rings is 1. The van der Waals surface area contributed by atoms with Crippen molar-refractivity contribution in [3.63, 3.8) is 0 Å². The lowest BCUT2D eigenvalue weighted by Crippen LogP contribution is -2.63. The number of hydrogen-bond acceptors (Lipinski definition) is 17. The van der Waals surface area contributed by atoms with Crippen molar-refractivity contribution in [1.29, 1.82) is 0 Å². The number of thiophene rings is 1. The molecule has 34 heteroatoms. The van der Waals surface area contributed by atoms with E-state index in [0.717, 1.165) is 37.3 Å². The van der Waals surface area contributed by atoms with Crippen LogP contribution in [0, 0.1) is 5.92 Å². The second-order valence-electron chi connectivity index (χ2n) is 25.0. The minimum absolute atomic E-state index is 0.00244. The quantitative estimate of drug-likeness (QED) is 0.0268. The first kappa shape index (κ1) is 74.2. The zero-order valence-corrected chi connectivity index (χ0v) is 54.9. The number of β-amino-alcohol motifs (C(OH)–C–C–N with tert-alkyl or cyclic N) is 1. The SMILES string of the molecule is CC(=O)O.NC(N)=NCCC[C@@H](N)C(=O)N[C@@H](CCCN=C(N)N)C(=O)N1CCC[C@H]1C(=O)N1C[C@H](O)C[C@H]1C(=O)NCC(=O)N[C@@H](Cc1cccs1)C(=O)N[C@H]1CCNC(=O)[C@H](CCCN=C(N)N)NC(=O)[C@@H]2C[C@@H]3CCCC[C@@H]3N2C(=O)[C@H]2Cc3ccccc3CN2C1=O. The van der Waals surface area contributed by atoms with E-state index in [0.29, 0.717) is 37.0 Å². The Bertz CT molecular complexity index is 3190. The van der Waals surface area contributed by atoms with Crippen LogP contribution in [0.15, 0.2) is 56.8 Å². The van der Waals surface area contributed by atoms with Gasteiger partial charge in [-0.2, -0.15) is 0 Å². The molecule has 2 aromatic rings. The van der Waals surface area contributed by atoms with Gasteiger partial charge in [-0.3, -0.25) is 67.7 Å². The molecule has 10 amide bonds. The van der Waals surface area contributed by atoms with Crippen LogP contribution in [0.3, 0.4) is 0 Å². The van der Waals surface area contributed by atoms with Crippen molar-refractivity contribution in [3.8, 4) is 0 Å². The van der Waals surface area contributed by atoms with E-state index in [-0.39, 0.29) is 133 Å². The fourth-order valence-electron chi connectivity index (χ4n) is 13.4. The van der Waals surface area contributed by atoms with Gasteiger partial charge in [0.05, 0.1) is 18.7 Å². The average Bonchev–Trinajstić information content (AvgIpc) is 1.52. The van der Waals surface area contributed by atoms with Crippen LogP contribution in [0.2, 0.25) is 0 Å². The molecule has 8 rings (SSSR count). The van der Waals surface area contributed by atoms with Crippen molar-refractivity contribution < 1.29 is 63.0 Å². The average molecular weight is 1360 g/mol. The Labute approximate surface area is 560 Å². The Hall–Kier alpha value is -9.18. The third-order valence-electron chi connectivity index (χ3n) is 18.0. The van der Waals surface area contributed by atoms with Gasteiger partial charge in [0.25, 0.3) is 5.97 Å². The first-order valence-electron chi connectivity index (χ1n) is 32.7. The molecule has 1 aliphatic carbocycles. The van der Waals surface area contributed by atoms with E-state index < -0.39 is 132 Å².